The Hall–Kier alpha value is -1.62. The van der Waals surface area contributed by atoms with Gasteiger partial charge in [0.25, 0.3) is 5.69 Å². The lowest BCUT2D eigenvalue weighted by Gasteiger charge is -2.18. The van der Waals surface area contributed by atoms with Crippen LogP contribution in [0.1, 0.15) is 5.56 Å². The van der Waals surface area contributed by atoms with E-state index >= 15 is 0 Å². The zero-order chi connectivity index (χ0) is 11.4. The fourth-order valence-corrected chi connectivity index (χ4v) is 1.39. The Balaban J connectivity index is 3.03. The van der Waals surface area contributed by atoms with Crippen LogP contribution >= 0.6 is 0 Å². The fourth-order valence-electron chi connectivity index (χ4n) is 1.39. The number of nitrogens with zero attached hydrogens (tertiary/aromatic N) is 2. The van der Waals surface area contributed by atoms with Gasteiger partial charge in [0.2, 0.25) is 0 Å². The topological polar surface area (TPSA) is 72.4 Å². The Morgan fingerprint density at radius 3 is 2.67 bits per heavy atom. The summed E-state index contributed by atoms with van der Waals surface area (Å²) in [5.74, 6) is 0. The molecule has 5 heteroatoms. The minimum absolute atomic E-state index is 0.119. The van der Waals surface area contributed by atoms with Crippen molar-refractivity contribution in [2.24, 2.45) is 5.73 Å². The van der Waals surface area contributed by atoms with E-state index in [0.29, 0.717) is 13.1 Å². The number of nitro benzene ring substituents is 1. The lowest BCUT2D eigenvalue weighted by molar-refractivity contribution is -0.384. The molecule has 82 valence electrons. The van der Waals surface area contributed by atoms with Crippen LogP contribution in [0.4, 0.5) is 11.4 Å². The third-order valence-corrected chi connectivity index (χ3v) is 2.16. The molecule has 0 aromatic heterocycles. The molecule has 0 atom stereocenters. The van der Waals surface area contributed by atoms with Gasteiger partial charge in [-0.1, -0.05) is 0 Å². The van der Waals surface area contributed by atoms with E-state index in [-0.39, 0.29) is 10.6 Å². The highest BCUT2D eigenvalue weighted by Crippen LogP contribution is 2.22. The molecule has 0 bridgehead atoms. The van der Waals surface area contributed by atoms with Crippen LogP contribution in [-0.4, -0.2) is 25.1 Å². The number of likely N-dealkylation sites (N-methyl/N-ethyl adjacent to an activating group) is 1. The molecule has 1 rings (SSSR count). The minimum Gasteiger partial charge on any atom is -0.373 e. The van der Waals surface area contributed by atoms with Crippen LogP contribution in [-0.2, 0) is 0 Å². The number of nitro groups is 1. The van der Waals surface area contributed by atoms with Crippen LogP contribution < -0.4 is 10.6 Å². The second-order valence-corrected chi connectivity index (χ2v) is 3.49. The van der Waals surface area contributed by atoms with E-state index in [1.165, 1.54) is 0 Å². The molecule has 0 aliphatic carbocycles. The molecule has 0 fully saturated rings. The summed E-state index contributed by atoms with van der Waals surface area (Å²) in [7, 11) is 1.87. The predicted molar refractivity (Wildman–Crippen MR) is 60.2 cm³/mol. The zero-order valence-corrected chi connectivity index (χ0v) is 8.93. The largest absolute Gasteiger partial charge is 0.373 e. The van der Waals surface area contributed by atoms with Crippen molar-refractivity contribution in [1.29, 1.82) is 0 Å². The average Bonchev–Trinajstić information content (AvgIpc) is 2.17. The van der Waals surface area contributed by atoms with Crippen molar-refractivity contribution >= 4 is 11.4 Å². The molecule has 0 unspecified atom stereocenters. The van der Waals surface area contributed by atoms with E-state index in [1.807, 2.05) is 24.9 Å². The van der Waals surface area contributed by atoms with Gasteiger partial charge in [-0.25, -0.2) is 0 Å². The number of benzene rings is 1. The first-order valence-electron chi connectivity index (χ1n) is 4.72. The highest BCUT2D eigenvalue weighted by molar-refractivity contribution is 5.55. The van der Waals surface area contributed by atoms with Crippen LogP contribution in [0.15, 0.2) is 18.2 Å². The standard InChI is InChI=1S/C10H15N3O2/c1-8-5-9(12(2)4-3-11)7-10(6-8)13(14)15/h5-7H,3-4,11H2,1-2H3. The SMILES string of the molecule is Cc1cc(N(C)CCN)cc([N+](=O)[O-])c1. The monoisotopic (exact) mass is 209 g/mol. The molecule has 0 aliphatic heterocycles. The van der Waals surface area contributed by atoms with Crippen LogP contribution in [0, 0.1) is 17.0 Å². The van der Waals surface area contributed by atoms with Gasteiger partial charge in [-0.15, -0.1) is 0 Å². The molecule has 2 N–H and O–H groups in total. The lowest BCUT2D eigenvalue weighted by atomic mass is 10.2. The van der Waals surface area contributed by atoms with Crippen molar-refractivity contribution in [1.82, 2.24) is 0 Å². The molecular formula is C10H15N3O2. The summed E-state index contributed by atoms with van der Waals surface area (Å²) in [6, 6.07) is 5.02. The molecule has 0 radical (unpaired) electrons. The maximum atomic E-state index is 10.6. The van der Waals surface area contributed by atoms with Gasteiger partial charge in [0, 0.05) is 38.0 Å². The Bertz CT molecular complexity index is 366. The average molecular weight is 209 g/mol. The first kappa shape index (κ1) is 11.5. The minimum atomic E-state index is -0.382. The molecule has 1 aromatic rings. The van der Waals surface area contributed by atoms with E-state index in [0.717, 1.165) is 11.3 Å². The summed E-state index contributed by atoms with van der Waals surface area (Å²) in [6.45, 7) is 3.05. The number of non-ortho nitro benzene ring substituents is 1. The summed E-state index contributed by atoms with van der Waals surface area (Å²) in [6.07, 6.45) is 0. The van der Waals surface area contributed by atoms with Gasteiger partial charge in [0.05, 0.1) is 4.92 Å². The van der Waals surface area contributed by atoms with Gasteiger partial charge >= 0.3 is 0 Å². The maximum Gasteiger partial charge on any atom is 0.271 e. The summed E-state index contributed by atoms with van der Waals surface area (Å²) in [5.41, 5.74) is 7.25. The Labute approximate surface area is 88.6 Å². The smallest absolute Gasteiger partial charge is 0.271 e. The van der Waals surface area contributed by atoms with Gasteiger partial charge in [0.1, 0.15) is 0 Å². The molecule has 0 aliphatic rings. The Kier molecular flexibility index (Phi) is 3.62. The van der Waals surface area contributed by atoms with E-state index in [4.69, 9.17) is 5.73 Å². The van der Waals surface area contributed by atoms with Gasteiger partial charge in [-0.05, 0) is 18.6 Å². The van der Waals surface area contributed by atoms with E-state index in [1.54, 1.807) is 12.1 Å². The molecule has 0 spiro atoms. The maximum absolute atomic E-state index is 10.6. The van der Waals surface area contributed by atoms with Gasteiger partial charge in [-0.3, -0.25) is 10.1 Å². The molecule has 5 nitrogen and oxygen atoms in total. The molecule has 15 heavy (non-hydrogen) atoms. The number of hydrogen-bond acceptors (Lipinski definition) is 4. The van der Waals surface area contributed by atoms with Crippen molar-refractivity contribution < 1.29 is 4.92 Å². The van der Waals surface area contributed by atoms with Crippen molar-refractivity contribution in [3.05, 3.63) is 33.9 Å². The quantitative estimate of drug-likeness (QED) is 0.599. The number of hydrogen-bond donors (Lipinski definition) is 1. The molecular weight excluding hydrogens is 194 g/mol. The third-order valence-electron chi connectivity index (χ3n) is 2.16. The highest BCUT2D eigenvalue weighted by atomic mass is 16.6. The lowest BCUT2D eigenvalue weighted by Crippen LogP contribution is -2.25. The summed E-state index contributed by atoms with van der Waals surface area (Å²) in [5, 5.41) is 10.6. The molecule has 0 saturated heterocycles. The van der Waals surface area contributed by atoms with E-state index in [2.05, 4.69) is 0 Å². The first-order chi connectivity index (χ1) is 7.04. The van der Waals surface area contributed by atoms with Gasteiger partial charge in [-0.2, -0.15) is 0 Å². The van der Waals surface area contributed by atoms with Crippen LogP contribution in [0.5, 0.6) is 0 Å². The predicted octanol–water partition coefficient (Wildman–Crippen LogP) is 1.30. The zero-order valence-electron chi connectivity index (χ0n) is 8.93. The Morgan fingerprint density at radius 1 is 1.47 bits per heavy atom. The van der Waals surface area contributed by atoms with Crippen molar-refractivity contribution in [3.63, 3.8) is 0 Å². The molecule has 0 saturated carbocycles. The highest BCUT2D eigenvalue weighted by Gasteiger charge is 2.09. The first-order valence-corrected chi connectivity index (χ1v) is 4.72. The second-order valence-electron chi connectivity index (χ2n) is 3.49. The summed E-state index contributed by atoms with van der Waals surface area (Å²) in [4.78, 5) is 12.2. The fraction of sp³-hybridized carbons (Fsp3) is 0.400. The van der Waals surface area contributed by atoms with Crippen LogP contribution in [0.2, 0.25) is 0 Å². The summed E-state index contributed by atoms with van der Waals surface area (Å²) >= 11 is 0. The van der Waals surface area contributed by atoms with Crippen molar-refractivity contribution in [3.8, 4) is 0 Å². The van der Waals surface area contributed by atoms with Crippen molar-refractivity contribution in [2.45, 2.75) is 6.92 Å². The molecule has 1 aromatic carbocycles. The number of aryl methyl sites for hydroxylation is 1. The van der Waals surface area contributed by atoms with Gasteiger partial charge < -0.3 is 10.6 Å². The van der Waals surface area contributed by atoms with Crippen LogP contribution in [0.3, 0.4) is 0 Å². The number of rotatable bonds is 4. The molecule has 0 heterocycles. The van der Waals surface area contributed by atoms with Crippen LogP contribution in [0.25, 0.3) is 0 Å². The normalized spacial score (nSPS) is 10.1. The Morgan fingerprint density at radius 2 is 2.13 bits per heavy atom. The second kappa shape index (κ2) is 4.75. The third kappa shape index (κ3) is 2.92. The summed E-state index contributed by atoms with van der Waals surface area (Å²) < 4.78 is 0. The number of nitrogens with two attached hydrogens (primary N) is 1. The van der Waals surface area contributed by atoms with E-state index in [9.17, 15) is 10.1 Å². The molecule has 0 amide bonds. The van der Waals surface area contributed by atoms with Gasteiger partial charge in [0.15, 0.2) is 0 Å². The van der Waals surface area contributed by atoms with E-state index < -0.39 is 0 Å². The number of anilines is 1. The van der Waals surface area contributed by atoms with Crippen molar-refractivity contribution in [2.75, 3.05) is 25.0 Å².